The number of carbonyl (C=O) groups is 1. The Morgan fingerprint density at radius 3 is 3.00 bits per heavy atom. The molecule has 0 aliphatic rings. The van der Waals surface area contributed by atoms with Crippen LogP contribution in [0.2, 0.25) is 0 Å². The van der Waals surface area contributed by atoms with E-state index in [0.29, 0.717) is 12.3 Å². The Balaban J connectivity index is 2.14. The molecule has 0 amide bonds. The highest BCUT2D eigenvalue weighted by atomic mass is 79.9. The minimum absolute atomic E-state index is 0.149. The molecule has 0 bridgehead atoms. The quantitative estimate of drug-likeness (QED) is 0.926. The predicted molar refractivity (Wildman–Crippen MR) is 54.7 cm³/mol. The number of halogens is 1. The smallest absolute Gasteiger partial charge is 0.338 e. The minimum atomic E-state index is -0.994. The van der Waals surface area contributed by atoms with E-state index in [9.17, 15) is 4.79 Å². The van der Waals surface area contributed by atoms with Crippen molar-refractivity contribution in [3.05, 3.63) is 40.5 Å². The second-order valence-electron chi connectivity index (χ2n) is 2.96. The van der Waals surface area contributed by atoms with Crippen molar-refractivity contribution < 1.29 is 14.3 Å². The monoisotopic (exact) mass is 270 g/mol. The van der Waals surface area contributed by atoms with Crippen LogP contribution in [0, 0.1) is 0 Å². The van der Waals surface area contributed by atoms with Crippen LogP contribution in [0.25, 0.3) is 0 Å². The molecule has 0 saturated heterocycles. The van der Waals surface area contributed by atoms with E-state index in [-0.39, 0.29) is 5.56 Å². The molecule has 0 aliphatic heterocycles. The molecule has 2 aromatic heterocycles. The number of aromatic carboxylic acids is 1. The molecule has 2 aromatic rings. The maximum atomic E-state index is 10.6. The second-order valence-corrected chi connectivity index (χ2v) is 3.88. The molecular formula is C9H7BrN2O3. The van der Waals surface area contributed by atoms with E-state index in [1.807, 2.05) is 0 Å². The number of hydrogen-bond donors (Lipinski definition) is 1. The molecule has 0 unspecified atom stereocenters. The number of carboxylic acids is 1. The van der Waals surface area contributed by atoms with E-state index in [4.69, 9.17) is 9.52 Å². The number of furan rings is 1. The highest BCUT2D eigenvalue weighted by Crippen LogP contribution is 2.11. The summed E-state index contributed by atoms with van der Waals surface area (Å²) in [5, 5.41) is 12.7. The molecular weight excluding hydrogens is 264 g/mol. The molecule has 2 heterocycles. The van der Waals surface area contributed by atoms with Crippen LogP contribution < -0.4 is 0 Å². The zero-order valence-corrected chi connectivity index (χ0v) is 9.14. The summed E-state index contributed by atoms with van der Waals surface area (Å²) >= 11 is 3.27. The van der Waals surface area contributed by atoms with E-state index in [2.05, 4.69) is 21.0 Å². The van der Waals surface area contributed by atoms with Gasteiger partial charge in [-0.1, -0.05) is 0 Å². The predicted octanol–water partition coefficient (Wildman–Crippen LogP) is 1.99. The molecule has 0 aromatic carbocycles. The summed E-state index contributed by atoms with van der Waals surface area (Å²) in [6, 6.07) is 1.48. The standard InChI is InChI=1S/C9H7BrN2O3/c10-7-2-11-12(3-7)4-8-1-6(5-15-8)9(13)14/h1-3,5H,4H2,(H,13,14). The Bertz CT molecular complexity index is 489. The number of nitrogens with zero attached hydrogens (tertiary/aromatic N) is 2. The Labute approximate surface area is 93.4 Å². The Morgan fingerprint density at radius 2 is 2.47 bits per heavy atom. The SMILES string of the molecule is O=C(O)c1coc(Cn2cc(Br)cn2)c1. The normalized spacial score (nSPS) is 10.5. The van der Waals surface area contributed by atoms with Crippen LogP contribution in [0.15, 0.2) is 33.6 Å². The van der Waals surface area contributed by atoms with E-state index < -0.39 is 5.97 Å². The first-order valence-corrected chi connectivity index (χ1v) is 4.93. The fourth-order valence-corrected chi connectivity index (χ4v) is 1.49. The number of rotatable bonds is 3. The summed E-state index contributed by atoms with van der Waals surface area (Å²) in [5.74, 6) is -0.436. The third-order valence-corrected chi connectivity index (χ3v) is 2.23. The van der Waals surface area contributed by atoms with Crippen LogP contribution in [0.3, 0.4) is 0 Å². The van der Waals surface area contributed by atoms with Gasteiger partial charge in [-0.2, -0.15) is 5.10 Å². The number of hydrogen-bond acceptors (Lipinski definition) is 3. The first kappa shape index (κ1) is 9.97. The van der Waals surface area contributed by atoms with Gasteiger partial charge in [0.25, 0.3) is 0 Å². The van der Waals surface area contributed by atoms with Gasteiger partial charge in [0, 0.05) is 6.20 Å². The van der Waals surface area contributed by atoms with Gasteiger partial charge >= 0.3 is 5.97 Å². The van der Waals surface area contributed by atoms with Crippen molar-refractivity contribution in [2.24, 2.45) is 0 Å². The van der Waals surface area contributed by atoms with Crippen molar-refractivity contribution in [1.29, 1.82) is 0 Å². The highest BCUT2D eigenvalue weighted by Gasteiger charge is 2.08. The van der Waals surface area contributed by atoms with Gasteiger partial charge in [0.05, 0.1) is 22.8 Å². The molecule has 15 heavy (non-hydrogen) atoms. The maximum absolute atomic E-state index is 10.6. The summed E-state index contributed by atoms with van der Waals surface area (Å²) in [4.78, 5) is 10.6. The Morgan fingerprint density at radius 1 is 1.67 bits per heavy atom. The van der Waals surface area contributed by atoms with Crippen molar-refractivity contribution in [2.45, 2.75) is 6.54 Å². The number of aromatic nitrogens is 2. The van der Waals surface area contributed by atoms with Gasteiger partial charge in [-0.15, -0.1) is 0 Å². The van der Waals surface area contributed by atoms with Crippen molar-refractivity contribution >= 4 is 21.9 Å². The Hall–Kier alpha value is -1.56. The fraction of sp³-hybridized carbons (Fsp3) is 0.111. The molecule has 0 fully saturated rings. The van der Waals surface area contributed by atoms with E-state index in [0.717, 1.165) is 4.47 Å². The fourth-order valence-electron chi connectivity index (χ4n) is 1.16. The number of carboxylic acid groups (broad SMARTS) is 1. The lowest BCUT2D eigenvalue weighted by molar-refractivity contribution is 0.0696. The van der Waals surface area contributed by atoms with Crippen LogP contribution in [0.5, 0.6) is 0 Å². The third kappa shape index (κ3) is 2.27. The summed E-state index contributed by atoms with van der Waals surface area (Å²) in [6.07, 6.45) is 4.65. The first-order valence-electron chi connectivity index (χ1n) is 4.14. The van der Waals surface area contributed by atoms with Gasteiger partial charge in [0.1, 0.15) is 12.0 Å². The highest BCUT2D eigenvalue weighted by molar-refractivity contribution is 9.10. The third-order valence-electron chi connectivity index (χ3n) is 1.82. The largest absolute Gasteiger partial charge is 0.478 e. The van der Waals surface area contributed by atoms with Gasteiger partial charge in [-0.3, -0.25) is 4.68 Å². The van der Waals surface area contributed by atoms with E-state index in [1.165, 1.54) is 12.3 Å². The molecule has 0 radical (unpaired) electrons. The first-order chi connectivity index (χ1) is 7.15. The molecule has 5 nitrogen and oxygen atoms in total. The zero-order chi connectivity index (χ0) is 10.8. The molecule has 0 aliphatic carbocycles. The lowest BCUT2D eigenvalue weighted by Gasteiger charge is -1.95. The van der Waals surface area contributed by atoms with Gasteiger partial charge < -0.3 is 9.52 Å². The molecule has 0 spiro atoms. The molecule has 6 heteroatoms. The van der Waals surface area contributed by atoms with Crippen molar-refractivity contribution in [3.8, 4) is 0 Å². The lowest BCUT2D eigenvalue weighted by atomic mass is 10.3. The summed E-state index contributed by atoms with van der Waals surface area (Å²) in [7, 11) is 0. The topological polar surface area (TPSA) is 68.3 Å². The molecule has 78 valence electrons. The zero-order valence-electron chi connectivity index (χ0n) is 7.55. The van der Waals surface area contributed by atoms with Crippen LogP contribution in [0.1, 0.15) is 16.1 Å². The van der Waals surface area contributed by atoms with E-state index >= 15 is 0 Å². The summed E-state index contributed by atoms with van der Waals surface area (Å²) in [5.41, 5.74) is 0.149. The van der Waals surface area contributed by atoms with Crippen molar-refractivity contribution in [1.82, 2.24) is 9.78 Å². The molecule has 0 atom stereocenters. The second kappa shape index (κ2) is 3.90. The van der Waals surface area contributed by atoms with Crippen molar-refractivity contribution in [3.63, 3.8) is 0 Å². The molecule has 1 N–H and O–H groups in total. The summed E-state index contributed by atoms with van der Waals surface area (Å²) in [6.45, 7) is 0.416. The van der Waals surface area contributed by atoms with Gasteiger partial charge in [-0.25, -0.2) is 4.79 Å². The maximum Gasteiger partial charge on any atom is 0.338 e. The minimum Gasteiger partial charge on any atom is -0.478 e. The van der Waals surface area contributed by atoms with Crippen LogP contribution in [-0.2, 0) is 6.54 Å². The van der Waals surface area contributed by atoms with Gasteiger partial charge in [0.2, 0.25) is 0 Å². The Kier molecular flexibility index (Phi) is 2.59. The molecule has 2 rings (SSSR count). The van der Waals surface area contributed by atoms with Gasteiger partial charge in [-0.05, 0) is 22.0 Å². The van der Waals surface area contributed by atoms with Crippen LogP contribution >= 0.6 is 15.9 Å². The average molecular weight is 271 g/mol. The summed E-state index contributed by atoms with van der Waals surface area (Å²) < 4.78 is 7.60. The molecule has 0 saturated carbocycles. The van der Waals surface area contributed by atoms with Crippen LogP contribution in [0.4, 0.5) is 0 Å². The van der Waals surface area contributed by atoms with E-state index in [1.54, 1.807) is 17.1 Å². The van der Waals surface area contributed by atoms with Crippen LogP contribution in [-0.4, -0.2) is 20.9 Å². The lowest BCUT2D eigenvalue weighted by Crippen LogP contribution is -1.98. The van der Waals surface area contributed by atoms with Crippen molar-refractivity contribution in [2.75, 3.05) is 0 Å². The van der Waals surface area contributed by atoms with Gasteiger partial charge in [0.15, 0.2) is 0 Å². The average Bonchev–Trinajstić information content (AvgIpc) is 2.76.